The van der Waals surface area contributed by atoms with E-state index >= 15 is 0 Å². The molecule has 0 amide bonds. The van der Waals surface area contributed by atoms with Gasteiger partial charge in [-0.3, -0.25) is 4.18 Å². The molecule has 1 unspecified atom stereocenters. The molecule has 0 aliphatic carbocycles. The second kappa shape index (κ2) is 11.1. The maximum atomic E-state index is 13.0. The van der Waals surface area contributed by atoms with Crippen LogP contribution in [0.2, 0.25) is 0 Å². The normalized spacial score (nSPS) is 12.7. The average molecular weight is 523 g/mol. The monoisotopic (exact) mass is 522 g/mol. The van der Waals surface area contributed by atoms with Gasteiger partial charge < -0.3 is 4.18 Å². The highest BCUT2D eigenvalue weighted by Gasteiger charge is 2.25. The maximum Gasteiger partial charge on any atom is 0.339 e. The summed E-state index contributed by atoms with van der Waals surface area (Å²) >= 11 is 0. The van der Waals surface area contributed by atoms with Crippen LogP contribution < -0.4 is 4.18 Å². The zero-order valence-electron chi connectivity index (χ0n) is 19.6. The van der Waals surface area contributed by atoms with Gasteiger partial charge in [0.05, 0.1) is 11.5 Å². The molecule has 0 aromatic heterocycles. The fraction of sp³-hybridized carbons (Fsp3) is 0.143. The van der Waals surface area contributed by atoms with E-state index in [9.17, 15) is 16.8 Å². The van der Waals surface area contributed by atoms with Crippen LogP contribution in [-0.4, -0.2) is 23.4 Å². The van der Waals surface area contributed by atoms with E-state index in [1.54, 1.807) is 48.5 Å². The van der Waals surface area contributed by atoms with Gasteiger partial charge in [-0.25, -0.2) is 0 Å². The molecular formula is C28H26O6S2. The minimum Gasteiger partial charge on any atom is -0.379 e. The lowest BCUT2D eigenvalue weighted by molar-refractivity contribution is 0.305. The molecule has 6 nitrogen and oxygen atoms in total. The van der Waals surface area contributed by atoms with Gasteiger partial charge >= 0.3 is 10.1 Å². The molecule has 0 saturated carbocycles. The molecule has 4 aromatic carbocycles. The van der Waals surface area contributed by atoms with Crippen molar-refractivity contribution in [3.8, 4) is 5.75 Å². The van der Waals surface area contributed by atoms with Gasteiger partial charge in [-0.15, -0.1) is 0 Å². The van der Waals surface area contributed by atoms with Gasteiger partial charge in [0, 0.05) is 11.5 Å². The van der Waals surface area contributed by atoms with Crippen molar-refractivity contribution >= 4 is 20.2 Å². The SMILES string of the molecule is Cc1ccc(OS(=O)(=O)c2ccccc2)c(C(CCOS(=O)(=O)c2ccccc2)c2ccccc2)c1. The summed E-state index contributed by atoms with van der Waals surface area (Å²) in [4.78, 5) is 0.125. The third-order valence-corrected chi connectivity index (χ3v) is 8.23. The molecule has 1 atom stereocenters. The number of aryl methyl sites for hydroxylation is 1. The molecule has 0 N–H and O–H groups in total. The summed E-state index contributed by atoms with van der Waals surface area (Å²) in [6.45, 7) is 1.80. The minimum atomic E-state index is -4.07. The van der Waals surface area contributed by atoms with Crippen molar-refractivity contribution in [2.75, 3.05) is 6.61 Å². The summed E-state index contributed by atoms with van der Waals surface area (Å²) in [6.07, 6.45) is 0.279. The Morgan fingerprint density at radius 2 is 1.19 bits per heavy atom. The third kappa shape index (κ3) is 6.20. The summed E-state index contributed by atoms with van der Waals surface area (Å²) in [5.41, 5.74) is 2.42. The van der Waals surface area contributed by atoms with Crippen LogP contribution in [0.4, 0.5) is 0 Å². The Labute approximate surface area is 212 Å². The van der Waals surface area contributed by atoms with Gasteiger partial charge in [0.1, 0.15) is 10.6 Å². The predicted molar refractivity (Wildman–Crippen MR) is 138 cm³/mol. The molecule has 0 fully saturated rings. The number of hydrogen-bond acceptors (Lipinski definition) is 6. The lowest BCUT2D eigenvalue weighted by Crippen LogP contribution is -2.14. The topological polar surface area (TPSA) is 86.7 Å². The quantitative estimate of drug-likeness (QED) is 0.249. The highest BCUT2D eigenvalue weighted by atomic mass is 32.2. The molecule has 0 bridgehead atoms. The molecule has 0 radical (unpaired) electrons. The predicted octanol–water partition coefficient (Wildman–Crippen LogP) is 5.69. The van der Waals surface area contributed by atoms with E-state index in [4.69, 9.17) is 8.37 Å². The van der Waals surface area contributed by atoms with Crippen molar-refractivity contribution in [2.24, 2.45) is 0 Å². The summed E-state index contributed by atoms with van der Waals surface area (Å²) in [6, 6.07) is 30.6. The molecule has 4 aromatic rings. The Morgan fingerprint density at radius 3 is 1.78 bits per heavy atom. The molecule has 4 rings (SSSR count). The lowest BCUT2D eigenvalue weighted by atomic mass is 9.87. The maximum absolute atomic E-state index is 13.0. The van der Waals surface area contributed by atoms with Crippen LogP contribution in [-0.2, 0) is 24.4 Å². The molecule has 186 valence electrons. The molecule has 8 heteroatoms. The molecule has 0 aliphatic heterocycles. The van der Waals surface area contributed by atoms with E-state index < -0.39 is 20.2 Å². The van der Waals surface area contributed by atoms with Gasteiger partial charge in [0.2, 0.25) is 0 Å². The minimum absolute atomic E-state index is 0.0464. The molecule has 0 spiro atoms. The van der Waals surface area contributed by atoms with Gasteiger partial charge in [0.15, 0.2) is 0 Å². The summed E-state index contributed by atoms with van der Waals surface area (Å²) in [5, 5.41) is 0. The molecule has 0 saturated heterocycles. The van der Waals surface area contributed by atoms with Crippen LogP contribution in [0.5, 0.6) is 5.75 Å². The van der Waals surface area contributed by atoms with E-state index in [1.807, 2.05) is 43.3 Å². The molecule has 0 aliphatic rings. The van der Waals surface area contributed by atoms with E-state index in [2.05, 4.69) is 0 Å². The van der Waals surface area contributed by atoms with E-state index in [0.29, 0.717) is 5.56 Å². The van der Waals surface area contributed by atoms with Crippen LogP contribution in [0, 0.1) is 6.92 Å². The first-order chi connectivity index (χ1) is 17.3. The average Bonchev–Trinajstić information content (AvgIpc) is 2.89. The van der Waals surface area contributed by atoms with E-state index in [-0.39, 0.29) is 34.5 Å². The Balaban J connectivity index is 1.66. The third-order valence-electron chi connectivity index (χ3n) is 5.65. The Morgan fingerprint density at radius 1 is 0.667 bits per heavy atom. The summed E-state index contributed by atoms with van der Waals surface area (Å²) in [7, 11) is -8.00. The van der Waals surface area contributed by atoms with Gasteiger partial charge in [-0.2, -0.15) is 16.8 Å². The Kier molecular flexibility index (Phi) is 7.88. The number of hydrogen-bond donors (Lipinski definition) is 0. The highest BCUT2D eigenvalue weighted by Crippen LogP contribution is 2.37. The van der Waals surface area contributed by atoms with Crippen LogP contribution in [0.15, 0.2) is 119 Å². The van der Waals surface area contributed by atoms with Crippen molar-refractivity contribution in [1.29, 1.82) is 0 Å². The first-order valence-corrected chi connectivity index (χ1v) is 14.2. The standard InChI is InChI=1S/C28H26O6S2/c1-22-17-18-28(34-36(31,32)25-15-9-4-10-16-25)27(21-22)26(23-11-5-2-6-12-23)19-20-33-35(29,30)24-13-7-3-8-14-24/h2-18,21,26H,19-20H2,1H3. The van der Waals surface area contributed by atoms with Crippen LogP contribution in [0.3, 0.4) is 0 Å². The zero-order valence-corrected chi connectivity index (χ0v) is 21.3. The first kappa shape index (κ1) is 25.6. The van der Waals surface area contributed by atoms with E-state index in [0.717, 1.165) is 11.1 Å². The Hall–Kier alpha value is -3.46. The Bertz CT molecular complexity index is 1500. The fourth-order valence-corrected chi connectivity index (χ4v) is 5.80. The number of rotatable bonds is 10. The van der Waals surface area contributed by atoms with Crippen LogP contribution in [0.25, 0.3) is 0 Å². The first-order valence-electron chi connectivity index (χ1n) is 11.4. The van der Waals surface area contributed by atoms with Crippen molar-refractivity contribution < 1.29 is 25.2 Å². The van der Waals surface area contributed by atoms with Crippen molar-refractivity contribution in [2.45, 2.75) is 29.1 Å². The zero-order chi connectivity index (χ0) is 25.6. The molecular weight excluding hydrogens is 496 g/mol. The number of benzene rings is 4. The van der Waals surface area contributed by atoms with Crippen molar-refractivity contribution in [1.82, 2.24) is 0 Å². The van der Waals surface area contributed by atoms with Crippen molar-refractivity contribution in [3.63, 3.8) is 0 Å². The largest absolute Gasteiger partial charge is 0.379 e. The van der Waals surface area contributed by atoms with Gasteiger partial charge in [-0.1, -0.05) is 84.4 Å². The fourth-order valence-electron chi connectivity index (χ4n) is 3.89. The highest BCUT2D eigenvalue weighted by molar-refractivity contribution is 7.87. The van der Waals surface area contributed by atoms with Crippen LogP contribution in [0.1, 0.15) is 29.0 Å². The smallest absolute Gasteiger partial charge is 0.339 e. The second-order valence-electron chi connectivity index (χ2n) is 8.23. The van der Waals surface area contributed by atoms with E-state index in [1.165, 1.54) is 24.3 Å². The second-order valence-corrected chi connectivity index (χ2v) is 11.4. The van der Waals surface area contributed by atoms with Gasteiger partial charge in [0.25, 0.3) is 10.1 Å². The van der Waals surface area contributed by atoms with Crippen LogP contribution >= 0.6 is 0 Å². The molecule has 36 heavy (non-hydrogen) atoms. The lowest BCUT2D eigenvalue weighted by Gasteiger charge is -2.22. The summed E-state index contributed by atoms with van der Waals surface area (Å²) < 4.78 is 62.1. The summed E-state index contributed by atoms with van der Waals surface area (Å²) in [5.74, 6) is -0.192. The molecule has 0 heterocycles. The van der Waals surface area contributed by atoms with Gasteiger partial charge in [-0.05, 0) is 49.2 Å². The van der Waals surface area contributed by atoms with Crippen molar-refractivity contribution in [3.05, 3.63) is 126 Å².